The van der Waals surface area contributed by atoms with Gasteiger partial charge in [0.15, 0.2) is 0 Å². The molecule has 3 nitrogen and oxygen atoms in total. The summed E-state index contributed by atoms with van der Waals surface area (Å²) in [4.78, 5) is 6.05. The van der Waals surface area contributed by atoms with Gasteiger partial charge in [-0.3, -0.25) is 4.90 Å². The lowest BCUT2D eigenvalue weighted by Crippen LogP contribution is -2.55. The van der Waals surface area contributed by atoms with E-state index in [0.717, 1.165) is 25.9 Å². The van der Waals surface area contributed by atoms with Gasteiger partial charge in [-0.1, -0.05) is 25.1 Å². The predicted octanol–water partition coefficient (Wildman–Crippen LogP) is 2.86. The first-order valence-electron chi connectivity index (χ1n) is 7.65. The van der Waals surface area contributed by atoms with E-state index in [9.17, 15) is 5.11 Å². The van der Waals surface area contributed by atoms with Crippen LogP contribution in [-0.2, 0) is 6.42 Å². The van der Waals surface area contributed by atoms with E-state index < -0.39 is 5.60 Å². The first kappa shape index (κ1) is 12.4. The Hall–Kier alpha value is -1.32. The standard InChI is InChI=1S/C17H22N2O/c1-11-7-9-19-10-8-13-12-5-3-4-6-14(12)18-15(13)16(19)17(11,2)20/h3-6,11,16,18,20H,7-10H2,1-2H3. The van der Waals surface area contributed by atoms with E-state index in [1.807, 2.05) is 6.92 Å². The van der Waals surface area contributed by atoms with Crippen molar-refractivity contribution >= 4 is 10.9 Å². The van der Waals surface area contributed by atoms with Gasteiger partial charge in [0.05, 0.1) is 11.6 Å². The van der Waals surface area contributed by atoms with Gasteiger partial charge in [-0.05, 0) is 43.9 Å². The van der Waals surface area contributed by atoms with Gasteiger partial charge in [-0.2, -0.15) is 0 Å². The second-order valence-corrected chi connectivity index (χ2v) is 6.67. The Kier molecular flexibility index (Phi) is 2.54. The molecule has 0 radical (unpaired) electrons. The number of aromatic amines is 1. The van der Waals surface area contributed by atoms with Crippen molar-refractivity contribution in [2.75, 3.05) is 13.1 Å². The van der Waals surface area contributed by atoms with Crippen LogP contribution in [0.3, 0.4) is 0 Å². The van der Waals surface area contributed by atoms with Crippen molar-refractivity contribution in [1.29, 1.82) is 0 Å². The summed E-state index contributed by atoms with van der Waals surface area (Å²) in [5.74, 6) is 0.334. The summed E-state index contributed by atoms with van der Waals surface area (Å²) in [5, 5.41) is 12.4. The van der Waals surface area contributed by atoms with Gasteiger partial charge in [0.25, 0.3) is 0 Å². The molecule has 1 aromatic carbocycles. The molecule has 3 unspecified atom stereocenters. The summed E-state index contributed by atoms with van der Waals surface area (Å²) in [6.45, 7) is 6.34. The third kappa shape index (κ3) is 1.54. The molecular weight excluding hydrogens is 248 g/mol. The first-order valence-corrected chi connectivity index (χ1v) is 7.65. The molecular formula is C17H22N2O. The van der Waals surface area contributed by atoms with Crippen LogP contribution in [0, 0.1) is 5.92 Å². The molecule has 0 bridgehead atoms. The highest BCUT2D eigenvalue weighted by Crippen LogP contribution is 2.46. The van der Waals surface area contributed by atoms with E-state index in [4.69, 9.17) is 0 Å². The number of benzene rings is 1. The molecule has 0 aliphatic carbocycles. The molecule has 0 spiro atoms. The zero-order chi connectivity index (χ0) is 13.9. The normalized spacial score (nSPS) is 34.0. The third-order valence-corrected chi connectivity index (χ3v) is 5.53. The number of rotatable bonds is 0. The quantitative estimate of drug-likeness (QED) is 0.772. The van der Waals surface area contributed by atoms with Gasteiger partial charge in [0.1, 0.15) is 0 Å². The molecule has 4 rings (SSSR count). The number of hydrogen-bond acceptors (Lipinski definition) is 2. The maximum atomic E-state index is 11.0. The van der Waals surface area contributed by atoms with Crippen molar-refractivity contribution in [2.45, 2.75) is 38.3 Å². The molecule has 0 saturated carbocycles. The third-order valence-electron chi connectivity index (χ3n) is 5.53. The topological polar surface area (TPSA) is 39.3 Å². The van der Waals surface area contributed by atoms with Crippen molar-refractivity contribution in [3.05, 3.63) is 35.5 Å². The van der Waals surface area contributed by atoms with Crippen LogP contribution in [0.4, 0.5) is 0 Å². The lowest BCUT2D eigenvalue weighted by Gasteiger charge is -2.50. The fourth-order valence-corrected chi connectivity index (χ4v) is 4.11. The highest BCUT2D eigenvalue weighted by molar-refractivity contribution is 5.85. The van der Waals surface area contributed by atoms with Gasteiger partial charge in [0, 0.05) is 23.1 Å². The minimum atomic E-state index is -0.658. The molecule has 3 atom stereocenters. The fraction of sp³-hybridized carbons (Fsp3) is 0.529. The minimum Gasteiger partial charge on any atom is -0.388 e. The molecule has 0 amide bonds. The monoisotopic (exact) mass is 270 g/mol. The molecule has 2 N–H and O–H groups in total. The summed E-state index contributed by atoms with van der Waals surface area (Å²) in [7, 11) is 0. The SMILES string of the molecule is CC1CCN2CCc3c([nH]c4ccccc34)C2C1(C)O. The predicted molar refractivity (Wildman–Crippen MR) is 80.7 cm³/mol. The minimum absolute atomic E-state index is 0.113. The molecule has 3 heteroatoms. The molecule has 3 heterocycles. The molecule has 1 aromatic heterocycles. The second kappa shape index (κ2) is 4.09. The molecule has 106 valence electrons. The molecule has 1 fully saturated rings. The van der Waals surface area contributed by atoms with E-state index in [-0.39, 0.29) is 6.04 Å². The van der Waals surface area contributed by atoms with Crippen LogP contribution in [0.25, 0.3) is 10.9 Å². The van der Waals surface area contributed by atoms with Gasteiger partial charge in [-0.15, -0.1) is 0 Å². The Morgan fingerprint density at radius 2 is 2.10 bits per heavy atom. The molecule has 1 saturated heterocycles. The number of fused-ring (bicyclic) bond motifs is 5. The molecule has 2 aliphatic heterocycles. The van der Waals surface area contributed by atoms with Crippen LogP contribution < -0.4 is 0 Å². The number of aliphatic hydroxyl groups is 1. The zero-order valence-corrected chi connectivity index (χ0v) is 12.2. The van der Waals surface area contributed by atoms with Crippen LogP contribution in [0.2, 0.25) is 0 Å². The maximum absolute atomic E-state index is 11.0. The lowest BCUT2D eigenvalue weighted by molar-refractivity contribution is -0.110. The van der Waals surface area contributed by atoms with E-state index in [2.05, 4.69) is 41.1 Å². The van der Waals surface area contributed by atoms with Gasteiger partial charge in [-0.25, -0.2) is 0 Å². The number of para-hydroxylation sites is 1. The summed E-state index contributed by atoms with van der Waals surface area (Å²) in [6.07, 6.45) is 2.17. The van der Waals surface area contributed by atoms with Crippen molar-refractivity contribution in [2.24, 2.45) is 5.92 Å². The molecule has 2 aliphatic rings. The van der Waals surface area contributed by atoms with Crippen LogP contribution in [0.5, 0.6) is 0 Å². The van der Waals surface area contributed by atoms with E-state index in [1.165, 1.54) is 22.2 Å². The summed E-state index contributed by atoms with van der Waals surface area (Å²) < 4.78 is 0. The van der Waals surface area contributed by atoms with Crippen LogP contribution >= 0.6 is 0 Å². The summed E-state index contributed by atoms with van der Waals surface area (Å²) >= 11 is 0. The lowest BCUT2D eigenvalue weighted by atomic mass is 9.74. The second-order valence-electron chi connectivity index (χ2n) is 6.67. The Morgan fingerprint density at radius 1 is 1.30 bits per heavy atom. The average Bonchev–Trinajstić information content (AvgIpc) is 2.81. The highest BCUT2D eigenvalue weighted by atomic mass is 16.3. The fourth-order valence-electron chi connectivity index (χ4n) is 4.11. The Bertz CT molecular complexity index is 658. The summed E-state index contributed by atoms with van der Waals surface area (Å²) in [5.41, 5.74) is 3.20. The zero-order valence-electron chi connectivity index (χ0n) is 12.2. The Labute approximate surface area is 119 Å². The van der Waals surface area contributed by atoms with Crippen LogP contribution in [0.1, 0.15) is 37.6 Å². The van der Waals surface area contributed by atoms with Crippen LogP contribution in [-0.4, -0.2) is 33.7 Å². The largest absolute Gasteiger partial charge is 0.388 e. The Morgan fingerprint density at radius 3 is 2.95 bits per heavy atom. The van der Waals surface area contributed by atoms with Crippen molar-refractivity contribution in [3.63, 3.8) is 0 Å². The number of hydrogen-bond donors (Lipinski definition) is 2. The number of piperidine rings is 1. The van der Waals surface area contributed by atoms with E-state index in [0.29, 0.717) is 5.92 Å². The van der Waals surface area contributed by atoms with Gasteiger partial charge < -0.3 is 10.1 Å². The number of nitrogens with one attached hydrogen (secondary N) is 1. The van der Waals surface area contributed by atoms with E-state index in [1.54, 1.807) is 0 Å². The van der Waals surface area contributed by atoms with Gasteiger partial charge >= 0.3 is 0 Å². The van der Waals surface area contributed by atoms with Crippen LogP contribution in [0.15, 0.2) is 24.3 Å². The Balaban J connectivity index is 1.92. The first-order chi connectivity index (χ1) is 9.59. The van der Waals surface area contributed by atoms with Crippen molar-refractivity contribution in [3.8, 4) is 0 Å². The maximum Gasteiger partial charge on any atom is 0.0856 e. The smallest absolute Gasteiger partial charge is 0.0856 e. The molecule has 20 heavy (non-hydrogen) atoms. The number of H-pyrrole nitrogens is 1. The van der Waals surface area contributed by atoms with Crippen molar-refractivity contribution < 1.29 is 5.11 Å². The van der Waals surface area contributed by atoms with Crippen molar-refractivity contribution in [1.82, 2.24) is 9.88 Å². The van der Waals surface area contributed by atoms with Gasteiger partial charge in [0.2, 0.25) is 0 Å². The summed E-state index contributed by atoms with van der Waals surface area (Å²) in [6, 6.07) is 8.62. The number of aromatic nitrogens is 1. The molecule has 2 aromatic rings. The van der Waals surface area contributed by atoms with E-state index >= 15 is 0 Å². The number of nitrogens with zero attached hydrogens (tertiary/aromatic N) is 1. The average molecular weight is 270 g/mol. The highest BCUT2D eigenvalue weighted by Gasteiger charge is 2.48.